The lowest BCUT2D eigenvalue weighted by molar-refractivity contribution is 0.317. The number of hydrogen-bond donors (Lipinski definition) is 1. The summed E-state index contributed by atoms with van der Waals surface area (Å²) in [6.07, 6.45) is 0.226. The van der Waals surface area contributed by atoms with E-state index in [1.54, 1.807) is 13.0 Å². The molecule has 0 bridgehead atoms. The minimum Gasteiger partial charge on any atom is -0.411 e. The van der Waals surface area contributed by atoms with Crippen LogP contribution in [0.25, 0.3) is 0 Å². The van der Waals surface area contributed by atoms with Crippen molar-refractivity contribution in [1.82, 2.24) is 0 Å². The fourth-order valence-corrected chi connectivity index (χ4v) is 3.20. The second-order valence-electron chi connectivity index (χ2n) is 3.81. The molecule has 1 aromatic rings. The Balaban J connectivity index is 3.31. The maximum atomic E-state index is 13.6. The van der Waals surface area contributed by atoms with Gasteiger partial charge >= 0.3 is 0 Å². The molecule has 4 nitrogen and oxygen atoms in total. The van der Waals surface area contributed by atoms with E-state index in [2.05, 4.69) is 5.16 Å². The summed E-state index contributed by atoms with van der Waals surface area (Å²) in [6, 6.07) is 5.65. The first-order valence-corrected chi connectivity index (χ1v) is 7.37. The molecule has 18 heavy (non-hydrogen) atoms. The van der Waals surface area contributed by atoms with Gasteiger partial charge in [-0.15, -0.1) is 0 Å². The molecule has 1 N–H and O–H groups in total. The van der Waals surface area contributed by atoms with Gasteiger partial charge in [-0.1, -0.05) is 37.2 Å². The molecule has 0 fully saturated rings. The van der Waals surface area contributed by atoms with E-state index in [0.717, 1.165) is 0 Å². The maximum Gasteiger partial charge on any atom is 0.158 e. The van der Waals surface area contributed by atoms with Crippen LogP contribution in [0.1, 0.15) is 25.8 Å². The van der Waals surface area contributed by atoms with E-state index in [0.29, 0.717) is 0 Å². The molecule has 0 saturated carbocycles. The number of oxime groups is 1. The fraction of sp³-hybridized carbons (Fsp3) is 0.417. The van der Waals surface area contributed by atoms with Crippen molar-refractivity contribution in [3.05, 3.63) is 35.6 Å². The summed E-state index contributed by atoms with van der Waals surface area (Å²) in [6.45, 7) is 3.16. The summed E-state index contributed by atoms with van der Waals surface area (Å²) in [4.78, 5) is 0. The van der Waals surface area contributed by atoms with Gasteiger partial charge in [0.25, 0.3) is 0 Å². The summed E-state index contributed by atoms with van der Waals surface area (Å²) in [5, 5.41) is 11.0. The van der Waals surface area contributed by atoms with Gasteiger partial charge in [-0.05, 0) is 12.5 Å². The van der Waals surface area contributed by atoms with Gasteiger partial charge in [0.05, 0.1) is 0 Å². The van der Waals surface area contributed by atoms with Crippen molar-refractivity contribution in [2.24, 2.45) is 5.16 Å². The Morgan fingerprint density at radius 1 is 1.39 bits per heavy atom. The summed E-state index contributed by atoms with van der Waals surface area (Å²) in [5.74, 6) is -0.686. The van der Waals surface area contributed by atoms with E-state index in [9.17, 15) is 12.8 Å². The van der Waals surface area contributed by atoms with Crippen LogP contribution < -0.4 is 0 Å². The van der Waals surface area contributed by atoms with Crippen LogP contribution in [0.4, 0.5) is 4.39 Å². The highest BCUT2D eigenvalue weighted by Crippen LogP contribution is 2.18. The summed E-state index contributed by atoms with van der Waals surface area (Å²) in [5.41, 5.74) is -0.124. The number of nitrogens with zero attached hydrogens (tertiary/aromatic N) is 1. The molecule has 1 rings (SSSR count). The molecule has 0 heterocycles. The number of hydrogen-bond acceptors (Lipinski definition) is 4. The van der Waals surface area contributed by atoms with E-state index in [4.69, 9.17) is 5.21 Å². The summed E-state index contributed by atoms with van der Waals surface area (Å²) < 4.78 is 37.4. The highest BCUT2D eigenvalue weighted by molar-refractivity contribution is 7.92. The van der Waals surface area contributed by atoms with Crippen molar-refractivity contribution in [2.45, 2.75) is 25.5 Å². The molecule has 0 spiro atoms. The zero-order valence-corrected chi connectivity index (χ0v) is 11.1. The molecule has 0 aromatic heterocycles. The monoisotopic (exact) mass is 273 g/mol. The van der Waals surface area contributed by atoms with E-state index >= 15 is 0 Å². The lowest BCUT2D eigenvalue weighted by atomic mass is 10.1. The maximum absolute atomic E-state index is 13.6. The molecule has 0 radical (unpaired) electrons. The minimum absolute atomic E-state index is 0.0175. The average molecular weight is 273 g/mol. The quantitative estimate of drug-likeness (QED) is 0.508. The van der Waals surface area contributed by atoms with Gasteiger partial charge in [0.1, 0.15) is 16.8 Å². The predicted molar refractivity (Wildman–Crippen MR) is 68.3 cm³/mol. The first-order chi connectivity index (χ1) is 8.47. The van der Waals surface area contributed by atoms with Crippen LogP contribution in [0.5, 0.6) is 0 Å². The smallest absolute Gasteiger partial charge is 0.158 e. The van der Waals surface area contributed by atoms with Crippen molar-refractivity contribution in [3.8, 4) is 0 Å². The fourth-order valence-electron chi connectivity index (χ4n) is 1.78. The standard InChI is InChI=1S/C12H16FNO3S/c1-3-11(18(16,17)4-2)12(14-15)9-7-5-6-8-10(9)13/h5-8,11,15H,3-4H2,1-2H3. The molecule has 1 atom stereocenters. The van der Waals surface area contributed by atoms with E-state index in [1.807, 2.05) is 0 Å². The van der Waals surface area contributed by atoms with Gasteiger partial charge in [-0.2, -0.15) is 0 Å². The molecule has 1 aromatic carbocycles. The van der Waals surface area contributed by atoms with Crippen molar-refractivity contribution in [1.29, 1.82) is 0 Å². The van der Waals surface area contributed by atoms with Gasteiger partial charge in [0.15, 0.2) is 9.84 Å². The summed E-state index contributed by atoms with van der Waals surface area (Å²) >= 11 is 0. The first-order valence-electron chi connectivity index (χ1n) is 5.66. The number of halogens is 1. The lowest BCUT2D eigenvalue weighted by Crippen LogP contribution is -2.32. The molecule has 0 aliphatic carbocycles. The van der Waals surface area contributed by atoms with Crippen LogP contribution in [0.15, 0.2) is 29.4 Å². The van der Waals surface area contributed by atoms with Crippen molar-refractivity contribution in [2.75, 3.05) is 5.75 Å². The van der Waals surface area contributed by atoms with E-state index in [-0.39, 0.29) is 23.4 Å². The highest BCUT2D eigenvalue weighted by Gasteiger charge is 2.30. The number of sulfone groups is 1. The van der Waals surface area contributed by atoms with Crippen LogP contribution in [0.2, 0.25) is 0 Å². The Morgan fingerprint density at radius 3 is 2.44 bits per heavy atom. The molecular weight excluding hydrogens is 257 g/mol. The molecular formula is C12H16FNO3S. The van der Waals surface area contributed by atoms with Gasteiger partial charge in [0.2, 0.25) is 0 Å². The zero-order chi connectivity index (χ0) is 13.8. The molecule has 0 aliphatic heterocycles. The SMILES string of the molecule is CCC(C(=NO)c1ccccc1F)S(=O)(=O)CC. The zero-order valence-electron chi connectivity index (χ0n) is 10.3. The van der Waals surface area contributed by atoms with Gasteiger partial charge < -0.3 is 5.21 Å². The third-order valence-electron chi connectivity index (χ3n) is 2.77. The van der Waals surface area contributed by atoms with Gasteiger partial charge in [-0.3, -0.25) is 0 Å². The van der Waals surface area contributed by atoms with E-state index in [1.165, 1.54) is 25.1 Å². The van der Waals surface area contributed by atoms with Gasteiger partial charge in [-0.25, -0.2) is 12.8 Å². The second-order valence-corrected chi connectivity index (χ2v) is 6.29. The minimum atomic E-state index is -3.44. The van der Waals surface area contributed by atoms with Crippen LogP contribution in [-0.2, 0) is 9.84 Å². The topological polar surface area (TPSA) is 66.7 Å². The van der Waals surface area contributed by atoms with Crippen LogP contribution in [0.3, 0.4) is 0 Å². The van der Waals surface area contributed by atoms with Crippen LogP contribution in [0, 0.1) is 5.82 Å². The molecule has 0 saturated heterocycles. The lowest BCUT2D eigenvalue weighted by Gasteiger charge is -2.16. The second kappa shape index (κ2) is 5.95. The number of benzene rings is 1. The van der Waals surface area contributed by atoms with Crippen molar-refractivity contribution < 1.29 is 18.0 Å². The molecule has 1 unspecified atom stereocenters. The highest BCUT2D eigenvalue weighted by atomic mass is 32.2. The Kier molecular flexibility index (Phi) is 4.84. The largest absolute Gasteiger partial charge is 0.411 e. The Morgan fingerprint density at radius 2 is 2.00 bits per heavy atom. The predicted octanol–water partition coefficient (Wildman–Crippen LogP) is 2.22. The Labute approximate surface area is 106 Å². The molecule has 0 aliphatic rings. The summed E-state index contributed by atoms with van der Waals surface area (Å²) in [7, 11) is -3.44. The van der Waals surface area contributed by atoms with Crippen LogP contribution in [-0.4, -0.2) is 30.3 Å². The molecule has 0 amide bonds. The Bertz CT molecular complexity index is 540. The third-order valence-corrected chi connectivity index (χ3v) is 5.00. The molecule has 6 heteroatoms. The van der Waals surface area contributed by atoms with Gasteiger partial charge in [0, 0.05) is 11.3 Å². The average Bonchev–Trinajstić information content (AvgIpc) is 2.36. The van der Waals surface area contributed by atoms with E-state index < -0.39 is 20.9 Å². The molecule has 100 valence electrons. The van der Waals surface area contributed by atoms with Crippen molar-refractivity contribution in [3.63, 3.8) is 0 Å². The number of rotatable bonds is 5. The van der Waals surface area contributed by atoms with Crippen LogP contribution >= 0.6 is 0 Å². The third kappa shape index (κ3) is 2.87. The normalized spacial score (nSPS) is 14.5. The van der Waals surface area contributed by atoms with Crippen molar-refractivity contribution >= 4 is 15.5 Å². The first kappa shape index (κ1) is 14.6. The Hall–Kier alpha value is -1.43.